The quantitative estimate of drug-likeness (QED) is 0.300. The normalized spacial score (nSPS) is 11.1. The van der Waals surface area contributed by atoms with Crippen LogP contribution in [0, 0.1) is 6.92 Å². The van der Waals surface area contributed by atoms with E-state index in [0.717, 1.165) is 22.5 Å². The highest BCUT2D eigenvalue weighted by atomic mass is 16.1. The van der Waals surface area contributed by atoms with Crippen molar-refractivity contribution in [1.82, 2.24) is 9.97 Å². The predicted molar refractivity (Wildman–Crippen MR) is 140 cm³/mol. The van der Waals surface area contributed by atoms with Crippen LogP contribution in [-0.4, -0.2) is 15.9 Å². The number of hydrogen-bond acceptors (Lipinski definition) is 4. The summed E-state index contributed by atoms with van der Waals surface area (Å²) in [6, 6.07) is 27.7. The highest BCUT2D eigenvalue weighted by Crippen LogP contribution is 2.23. The van der Waals surface area contributed by atoms with Crippen LogP contribution in [0.5, 0.6) is 0 Å². The van der Waals surface area contributed by atoms with E-state index in [1.807, 2.05) is 85.8 Å². The number of carbonyl (C=O) groups excluding carboxylic acids is 1. The largest absolute Gasteiger partial charge is 0.340 e. The fourth-order valence-electron chi connectivity index (χ4n) is 3.56. The summed E-state index contributed by atoms with van der Waals surface area (Å²) in [6.07, 6.45) is 3.36. The third-order valence-electron chi connectivity index (χ3n) is 5.34. The Labute approximate surface area is 200 Å². The Bertz CT molecular complexity index is 1300. The standard InChI is InChI=1S/C29H28N4O/c1-20(2)23-15-12-22(13-16-23)14-17-29(34)33-26-11-7-10-25(18-26)32-28-19-27(30-21(3)31-28)24-8-5-4-6-9-24/h4-20H,1-3H3,(H,33,34)(H,30,31,32)/b17-14+. The minimum absolute atomic E-state index is 0.186. The predicted octanol–water partition coefficient (Wildman–Crippen LogP) is 6.97. The summed E-state index contributed by atoms with van der Waals surface area (Å²) in [7, 11) is 0. The van der Waals surface area contributed by atoms with E-state index in [1.165, 1.54) is 5.56 Å². The van der Waals surface area contributed by atoms with Gasteiger partial charge >= 0.3 is 0 Å². The summed E-state index contributed by atoms with van der Waals surface area (Å²) in [5.41, 5.74) is 5.67. The number of aryl methyl sites for hydroxylation is 1. The lowest BCUT2D eigenvalue weighted by Gasteiger charge is -2.10. The fourth-order valence-corrected chi connectivity index (χ4v) is 3.56. The molecule has 2 N–H and O–H groups in total. The molecule has 4 aromatic rings. The molecular weight excluding hydrogens is 420 g/mol. The molecule has 0 aliphatic rings. The van der Waals surface area contributed by atoms with E-state index in [9.17, 15) is 4.79 Å². The molecule has 5 heteroatoms. The molecule has 1 amide bonds. The van der Waals surface area contributed by atoms with Gasteiger partial charge in [0.15, 0.2) is 0 Å². The van der Waals surface area contributed by atoms with Gasteiger partial charge in [0.2, 0.25) is 5.91 Å². The van der Waals surface area contributed by atoms with Gasteiger partial charge in [-0.05, 0) is 48.2 Å². The highest BCUT2D eigenvalue weighted by Gasteiger charge is 2.06. The lowest BCUT2D eigenvalue weighted by atomic mass is 10.0. The van der Waals surface area contributed by atoms with Gasteiger partial charge in [-0.15, -0.1) is 0 Å². The smallest absolute Gasteiger partial charge is 0.248 e. The minimum Gasteiger partial charge on any atom is -0.340 e. The molecule has 0 aliphatic heterocycles. The Morgan fingerprint density at radius 3 is 2.32 bits per heavy atom. The number of amides is 1. The van der Waals surface area contributed by atoms with Crippen LogP contribution < -0.4 is 10.6 Å². The molecular formula is C29H28N4O. The zero-order valence-corrected chi connectivity index (χ0v) is 19.6. The first-order valence-electron chi connectivity index (χ1n) is 11.3. The van der Waals surface area contributed by atoms with Gasteiger partial charge in [0.05, 0.1) is 5.69 Å². The average molecular weight is 449 g/mol. The number of aromatic nitrogens is 2. The van der Waals surface area contributed by atoms with Gasteiger partial charge in [0.25, 0.3) is 0 Å². The maximum atomic E-state index is 12.4. The van der Waals surface area contributed by atoms with Crippen LogP contribution >= 0.6 is 0 Å². The van der Waals surface area contributed by atoms with E-state index in [1.54, 1.807) is 6.08 Å². The second-order valence-corrected chi connectivity index (χ2v) is 8.40. The summed E-state index contributed by atoms with van der Waals surface area (Å²) in [4.78, 5) is 21.5. The molecule has 0 atom stereocenters. The van der Waals surface area contributed by atoms with Crippen molar-refractivity contribution in [3.63, 3.8) is 0 Å². The average Bonchev–Trinajstić information content (AvgIpc) is 2.83. The Balaban J connectivity index is 1.43. The van der Waals surface area contributed by atoms with Crippen LogP contribution in [0.4, 0.5) is 17.2 Å². The van der Waals surface area contributed by atoms with Gasteiger partial charge in [-0.25, -0.2) is 9.97 Å². The second kappa shape index (κ2) is 10.6. The fraction of sp³-hybridized carbons (Fsp3) is 0.138. The molecule has 0 saturated carbocycles. The molecule has 1 heterocycles. The van der Waals surface area contributed by atoms with Crippen LogP contribution in [0.2, 0.25) is 0 Å². The van der Waals surface area contributed by atoms with Crippen LogP contribution in [0.15, 0.2) is 91.0 Å². The van der Waals surface area contributed by atoms with Crippen molar-refractivity contribution in [3.05, 3.63) is 108 Å². The summed E-state index contributed by atoms with van der Waals surface area (Å²) in [5.74, 6) is 1.67. The van der Waals surface area contributed by atoms with Crippen LogP contribution in [0.1, 0.15) is 36.7 Å². The minimum atomic E-state index is -0.186. The SMILES string of the molecule is Cc1nc(Nc2cccc(NC(=O)/C=C/c3ccc(C(C)C)cc3)c2)cc(-c2ccccc2)n1. The lowest BCUT2D eigenvalue weighted by molar-refractivity contribution is -0.111. The highest BCUT2D eigenvalue weighted by molar-refractivity contribution is 6.02. The summed E-state index contributed by atoms with van der Waals surface area (Å²) in [5, 5.41) is 6.24. The number of nitrogens with zero attached hydrogens (tertiary/aromatic N) is 2. The van der Waals surface area contributed by atoms with Gasteiger partial charge in [0.1, 0.15) is 11.6 Å². The maximum Gasteiger partial charge on any atom is 0.248 e. The number of nitrogens with one attached hydrogen (secondary N) is 2. The summed E-state index contributed by atoms with van der Waals surface area (Å²) < 4.78 is 0. The Morgan fingerprint density at radius 2 is 1.59 bits per heavy atom. The molecule has 170 valence electrons. The molecule has 0 bridgehead atoms. The van der Waals surface area contributed by atoms with Crippen molar-refractivity contribution >= 4 is 29.2 Å². The number of carbonyl (C=O) groups is 1. The third kappa shape index (κ3) is 6.17. The Morgan fingerprint density at radius 1 is 0.853 bits per heavy atom. The Hall–Kier alpha value is -4.25. The van der Waals surface area contributed by atoms with E-state index < -0.39 is 0 Å². The van der Waals surface area contributed by atoms with Gasteiger partial charge in [-0.1, -0.05) is 74.5 Å². The zero-order valence-electron chi connectivity index (χ0n) is 19.6. The molecule has 0 spiro atoms. The third-order valence-corrected chi connectivity index (χ3v) is 5.34. The van der Waals surface area contributed by atoms with E-state index in [4.69, 9.17) is 0 Å². The van der Waals surface area contributed by atoms with Crippen LogP contribution in [-0.2, 0) is 4.79 Å². The van der Waals surface area contributed by atoms with Gasteiger partial charge in [0, 0.05) is 29.1 Å². The summed E-state index contributed by atoms with van der Waals surface area (Å²) in [6.45, 7) is 6.20. The number of anilines is 3. The molecule has 5 nitrogen and oxygen atoms in total. The maximum absolute atomic E-state index is 12.4. The zero-order chi connectivity index (χ0) is 23.9. The topological polar surface area (TPSA) is 66.9 Å². The second-order valence-electron chi connectivity index (χ2n) is 8.40. The molecule has 0 radical (unpaired) electrons. The first-order chi connectivity index (χ1) is 16.5. The molecule has 1 aromatic heterocycles. The molecule has 0 aliphatic carbocycles. The first kappa shape index (κ1) is 22.9. The van der Waals surface area contributed by atoms with Gasteiger partial charge in [-0.3, -0.25) is 4.79 Å². The van der Waals surface area contributed by atoms with Crippen molar-refractivity contribution < 1.29 is 4.79 Å². The molecule has 4 rings (SSSR count). The number of benzene rings is 3. The van der Waals surface area contributed by atoms with E-state index in [2.05, 4.69) is 46.6 Å². The molecule has 0 unspecified atom stereocenters. The van der Waals surface area contributed by atoms with Crippen LogP contribution in [0.25, 0.3) is 17.3 Å². The van der Waals surface area contributed by atoms with Crippen molar-refractivity contribution in [3.8, 4) is 11.3 Å². The van der Waals surface area contributed by atoms with Crippen molar-refractivity contribution in [1.29, 1.82) is 0 Å². The van der Waals surface area contributed by atoms with E-state index >= 15 is 0 Å². The molecule has 3 aromatic carbocycles. The number of hydrogen-bond donors (Lipinski definition) is 2. The van der Waals surface area contributed by atoms with Crippen molar-refractivity contribution in [2.24, 2.45) is 0 Å². The molecule has 0 saturated heterocycles. The summed E-state index contributed by atoms with van der Waals surface area (Å²) >= 11 is 0. The Kier molecular flexibility index (Phi) is 7.13. The monoisotopic (exact) mass is 448 g/mol. The van der Waals surface area contributed by atoms with Crippen molar-refractivity contribution in [2.75, 3.05) is 10.6 Å². The first-order valence-corrected chi connectivity index (χ1v) is 11.3. The number of rotatable bonds is 7. The van der Waals surface area contributed by atoms with Gasteiger partial charge in [-0.2, -0.15) is 0 Å². The van der Waals surface area contributed by atoms with Gasteiger partial charge < -0.3 is 10.6 Å². The van der Waals surface area contributed by atoms with Crippen LogP contribution in [0.3, 0.4) is 0 Å². The van der Waals surface area contributed by atoms with E-state index in [0.29, 0.717) is 23.2 Å². The molecule has 34 heavy (non-hydrogen) atoms. The molecule has 0 fully saturated rings. The van der Waals surface area contributed by atoms with Crippen molar-refractivity contribution in [2.45, 2.75) is 26.7 Å². The lowest BCUT2D eigenvalue weighted by Crippen LogP contribution is -2.08. The van der Waals surface area contributed by atoms with E-state index in [-0.39, 0.29) is 5.91 Å².